The van der Waals surface area contributed by atoms with Crippen LogP contribution in [0.2, 0.25) is 0 Å². The molecule has 0 fully saturated rings. The highest BCUT2D eigenvalue weighted by atomic mass is 16.6. The number of carbonyl (C=O) groups excluding carboxylic acids is 3. The Hall–Kier alpha value is -1.63. The minimum absolute atomic E-state index is 0.00333. The van der Waals surface area contributed by atoms with Crippen LogP contribution in [-0.2, 0) is 28.6 Å². The van der Waals surface area contributed by atoms with Gasteiger partial charge < -0.3 is 19.1 Å². The fraction of sp³-hybridized carbons (Fsp3) is 0.933. The first-order valence-electron chi connectivity index (χ1n) is 22.5. The van der Waals surface area contributed by atoms with Gasteiger partial charge in [0.05, 0.1) is 0 Å². The number of hydrogen-bond donors (Lipinski definition) is 0. The molecule has 308 valence electrons. The minimum Gasteiger partial charge on any atom is -0.462 e. The van der Waals surface area contributed by atoms with Gasteiger partial charge in [-0.2, -0.15) is 0 Å². The second-order valence-electron chi connectivity index (χ2n) is 15.8. The molecule has 0 aliphatic rings. The zero-order chi connectivity index (χ0) is 38.5. The zero-order valence-electron chi connectivity index (χ0n) is 35.5. The number of unbranched alkanes of at least 4 members (excludes halogenated alkanes) is 16. The topological polar surface area (TPSA) is 82.1 Å². The molecule has 52 heavy (non-hydrogen) atoms. The SMILES string of the molecule is CCCCCCCC(CCCCCCC)OC(=O)CCCC(CCCC(=O)OC(CCCCCCC)CCCCCCC)OC(=O)CCCN(C)C. The highest BCUT2D eigenvalue weighted by Crippen LogP contribution is 2.21. The lowest BCUT2D eigenvalue weighted by Gasteiger charge is -2.21. The first-order chi connectivity index (χ1) is 25.2. The van der Waals surface area contributed by atoms with Gasteiger partial charge in [0, 0.05) is 19.3 Å². The van der Waals surface area contributed by atoms with Gasteiger partial charge >= 0.3 is 17.9 Å². The van der Waals surface area contributed by atoms with Gasteiger partial charge in [0.15, 0.2) is 0 Å². The van der Waals surface area contributed by atoms with E-state index in [1.807, 2.05) is 14.1 Å². The first-order valence-corrected chi connectivity index (χ1v) is 22.5. The Balaban J connectivity index is 5.06. The standard InChI is InChI=1S/C45H87NO6/c1-7-11-15-19-23-30-40(31-24-20-16-12-8-2)50-43(47)36-27-34-42(52-45(49)38-29-39-46(5)6)35-28-37-44(48)51-41(32-25-21-17-13-9-3)33-26-22-18-14-10-4/h40-42H,7-39H2,1-6H3. The van der Waals surface area contributed by atoms with Gasteiger partial charge in [-0.15, -0.1) is 0 Å². The summed E-state index contributed by atoms with van der Waals surface area (Å²) in [5.41, 5.74) is 0. The van der Waals surface area contributed by atoms with Gasteiger partial charge in [0.1, 0.15) is 18.3 Å². The van der Waals surface area contributed by atoms with Crippen LogP contribution in [0.25, 0.3) is 0 Å². The van der Waals surface area contributed by atoms with E-state index in [0.717, 1.165) is 64.3 Å². The molecule has 0 bridgehead atoms. The van der Waals surface area contributed by atoms with Crippen LogP contribution in [0.1, 0.15) is 233 Å². The van der Waals surface area contributed by atoms with Crippen molar-refractivity contribution in [3.63, 3.8) is 0 Å². The maximum absolute atomic E-state index is 13.0. The van der Waals surface area contributed by atoms with E-state index in [9.17, 15) is 14.4 Å². The van der Waals surface area contributed by atoms with Crippen LogP contribution in [0.4, 0.5) is 0 Å². The maximum atomic E-state index is 13.0. The molecule has 0 atom stereocenters. The molecule has 0 saturated heterocycles. The minimum atomic E-state index is -0.312. The van der Waals surface area contributed by atoms with Gasteiger partial charge in [0.25, 0.3) is 0 Å². The molecule has 0 rings (SSSR count). The van der Waals surface area contributed by atoms with E-state index in [1.165, 1.54) is 103 Å². The van der Waals surface area contributed by atoms with Crippen LogP contribution in [0, 0.1) is 0 Å². The molecule has 0 spiro atoms. The van der Waals surface area contributed by atoms with Crippen LogP contribution in [0.5, 0.6) is 0 Å². The smallest absolute Gasteiger partial charge is 0.306 e. The monoisotopic (exact) mass is 738 g/mol. The molecule has 0 aliphatic heterocycles. The van der Waals surface area contributed by atoms with Crippen LogP contribution in [0.3, 0.4) is 0 Å². The molecule has 0 amide bonds. The fourth-order valence-corrected chi connectivity index (χ4v) is 6.91. The Morgan fingerprint density at radius 1 is 0.365 bits per heavy atom. The lowest BCUT2D eigenvalue weighted by molar-refractivity contribution is -0.151. The van der Waals surface area contributed by atoms with E-state index < -0.39 is 0 Å². The Kier molecular flexibility index (Phi) is 36.5. The quantitative estimate of drug-likeness (QED) is 0.0353. The molecular formula is C45H87NO6. The summed E-state index contributed by atoms with van der Waals surface area (Å²) >= 11 is 0. The average molecular weight is 738 g/mol. The summed E-state index contributed by atoms with van der Waals surface area (Å²) in [6, 6.07) is 0. The lowest BCUT2D eigenvalue weighted by Crippen LogP contribution is -2.22. The molecule has 0 aromatic heterocycles. The highest BCUT2D eigenvalue weighted by Gasteiger charge is 2.20. The normalized spacial score (nSPS) is 11.7. The number of ether oxygens (including phenoxy) is 3. The fourth-order valence-electron chi connectivity index (χ4n) is 6.91. The number of hydrogen-bond acceptors (Lipinski definition) is 7. The van der Waals surface area contributed by atoms with Gasteiger partial charge in [-0.25, -0.2) is 0 Å². The van der Waals surface area contributed by atoms with Crippen LogP contribution in [-0.4, -0.2) is 61.8 Å². The molecule has 0 unspecified atom stereocenters. The predicted octanol–water partition coefficient (Wildman–Crippen LogP) is 12.8. The molecule has 7 nitrogen and oxygen atoms in total. The van der Waals surface area contributed by atoms with E-state index in [-0.39, 0.29) is 36.2 Å². The second kappa shape index (κ2) is 37.7. The van der Waals surface area contributed by atoms with Crippen LogP contribution in [0.15, 0.2) is 0 Å². The van der Waals surface area contributed by atoms with E-state index >= 15 is 0 Å². The zero-order valence-corrected chi connectivity index (χ0v) is 35.5. The van der Waals surface area contributed by atoms with E-state index in [1.54, 1.807) is 0 Å². The molecule has 0 aromatic carbocycles. The third kappa shape index (κ3) is 34.2. The molecule has 7 heteroatoms. The summed E-state index contributed by atoms with van der Waals surface area (Å²) in [6.45, 7) is 9.75. The van der Waals surface area contributed by atoms with E-state index in [0.29, 0.717) is 44.9 Å². The summed E-state index contributed by atoms with van der Waals surface area (Å²) < 4.78 is 18.0. The Labute approximate surface area is 322 Å². The summed E-state index contributed by atoms with van der Waals surface area (Å²) in [7, 11) is 4.00. The molecule has 0 heterocycles. The highest BCUT2D eigenvalue weighted by molar-refractivity contribution is 5.70. The number of carbonyl (C=O) groups is 3. The van der Waals surface area contributed by atoms with E-state index in [2.05, 4.69) is 32.6 Å². The van der Waals surface area contributed by atoms with Crippen molar-refractivity contribution in [2.24, 2.45) is 0 Å². The first kappa shape index (κ1) is 50.4. The summed E-state index contributed by atoms with van der Waals surface area (Å²) in [5, 5.41) is 0. The molecule has 0 aromatic rings. The van der Waals surface area contributed by atoms with Crippen molar-refractivity contribution in [1.29, 1.82) is 0 Å². The Morgan fingerprint density at radius 2 is 0.615 bits per heavy atom. The molecule has 0 N–H and O–H groups in total. The summed E-state index contributed by atoms with van der Waals surface area (Å²) in [5.74, 6) is -0.473. The van der Waals surface area contributed by atoms with Crippen molar-refractivity contribution in [3.8, 4) is 0 Å². The van der Waals surface area contributed by atoms with Gasteiger partial charge in [-0.3, -0.25) is 14.4 Å². The number of rotatable bonds is 39. The molecule has 0 radical (unpaired) electrons. The molecule has 0 aliphatic carbocycles. The van der Waals surface area contributed by atoms with Crippen molar-refractivity contribution >= 4 is 17.9 Å². The van der Waals surface area contributed by atoms with Crippen LogP contribution < -0.4 is 0 Å². The van der Waals surface area contributed by atoms with Gasteiger partial charge in [-0.05, 0) is 104 Å². The third-order valence-corrected chi connectivity index (χ3v) is 10.2. The molecule has 0 saturated carbocycles. The summed E-state index contributed by atoms with van der Waals surface area (Å²) in [4.78, 5) is 40.8. The van der Waals surface area contributed by atoms with Gasteiger partial charge in [-0.1, -0.05) is 130 Å². The largest absolute Gasteiger partial charge is 0.462 e. The number of nitrogens with zero attached hydrogens (tertiary/aromatic N) is 1. The van der Waals surface area contributed by atoms with Crippen molar-refractivity contribution in [2.45, 2.75) is 251 Å². The van der Waals surface area contributed by atoms with Crippen molar-refractivity contribution in [1.82, 2.24) is 4.90 Å². The van der Waals surface area contributed by atoms with Gasteiger partial charge in [0.2, 0.25) is 0 Å². The lowest BCUT2D eigenvalue weighted by atomic mass is 10.0. The Bertz CT molecular complexity index is 738. The average Bonchev–Trinajstić information content (AvgIpc) is 3.10. The molecular weight excluding hydrogens is 650 g/mol. The van der Waals surface area contributed by atoms with Crippen molar-refractivity contribution < 1.29 is 28.6 Å². The third-order valence-electron chi connectivity index (χ3n) is 10.2. The maximum Gasteiger partial charge on any atom is 0.306 e. The second-order valence-corrected chi connectivity index (χ2v) is 15.8. The predicted molar refractivity (Wildman–Crippen MR) is 219 cm³/mol. The van der Waals surface area contributed by atoms with Crippen LogP contribution >= 0.6 is 0 Å². The Morgan fingerprint density at radius 3 is 0.885 bits per heavy atom. The van der Waals surface area contributed by atoms with E-state index in [4.69, 9.17) is 14.2 Å². The number of esters is 3. The van der Waals surface area contributed by atoms with Crippen molar-refractivity contribution in [3.05, 3.63) is 0 Å². The summed E-state index contributed by atoms with van der Waals surface area (Å²) in [6.07, 6.45) is 31.9. The van der Waals surface area contributed by atoms with Crippen molar-refractivity contribution in [2.75, 3.05) is 20.6 Å².